The van der Waals surface area contributed by atoms with Gasteiger partial charge in [0.05, 0.1) is 11.3 Å². The molecule has 4 aromatic rings. The molecule has 9 heteroatoms. The molecule has 3 aromatic carbocycles. The summed E-state index contributed by atoms with van der Waals surface area (Å²) in [7, 11) is 0. The fourth-order valence-corrected chi connectivity index (χ4v) is 3.45. The number of halogens is 3. The van der Waals surface area contributed by atoms with Crippen molar-refractivity contribution in [2.45, 2.75) is 19.7 Å². The number of para-hydroxylation sites is 2. The predicted molar refractivity (Wildman–Crippen MR) is 121 cm³/mol. The van der Waals surface area contributed by atoms with Gasteiger partial charge in [0, 0.05) is 23.6 Å². The number of furan rings is 1. The van der Waals surface area contributed by atoms with Gasteiger partial charge in [0.2, 0.25) is 5.91 Å². The van der Waals surface area contributed by atoms with E-state index >= 15 is 0 Å². The van der Waals surface area contributed by atoms with Crippen molar-refractivity contribution in [3.63, 3.8) is 0 Å². The Morgan fingerprint density at radius 3 is 2.35 bits per heavy atom. The first-order chi connectivity index (χ1) is 16.2. The van der Waals surface area contributed by atoms with Crippen LogP contribution in [-0.2, 0) is 17.6 Å². The highest BCUT2D eigenvalue weighted by Crippen LogP contribution is 2.37. The van der Waals surface area contributed by atoms with E-state index in [0.29, 0.717) is 22.3 Å². The van der Waals surface area contributed by atoms with E-state index in [9.17, 15) is 22.8 Å². The molecule has 2 N–H and O–H groups in total. The van der Waals surface area contributed by atoms with Gasteiger partial charge >= 0.3 is 6.18 Å². The lowest BCUT2D eigenvalue weighted by Gasteiger charge is -2.15. The van der Waals surface area contributed by atoms with Gasteiger partial charge in [-0.1, -0.05) is 36.4 Å². The summed E-state index contributed by atoms with van der Waals surface area (Å²) in [5, 5.41) is 5.21. The molecule has 0 saturated heterocycles. The Morgan fingerprint density at radius 2 is 1.65 bits per heavy atom. The molecular weight excluding hydrogens is 449 g/mol. The monoisotopic (exact) mass is 468 g/mol. The van der Waals surface area contributed by atoms with E-state index in [1.165, 1.54) is 13.0 Å². The summed E-state index contributed by atoms with van der Waals surface area (Å²) in [6, 6.07) is 18.9. The molecule has 0 atom stereocenters. The second-order valence-electron chi connectivity index (χ2n) is 7.40. The van der Waals surface area contributed by atoms with E-state index in [1.54, 1.807) is 48.5 Å². The Labute approximate surface area is 192 Å². The van der Waals surface area contributed by atoms with Gasteiger partial charge in [0.15, 0.2) is 5.76 Å². The van der Waals surface area contributed by atoms with E-state index in [1.807, 2.05) is 6.07 Å². The Balaban J connectivity index is 1.67. The van der Waals surface area contributed by atoms with E-state index in [-0.39, 0.29) is 18.1 Å². The number of benzene rings is 3. The Morgan fingerprint density at radius 1 is 0.941 bits per heavy atom. The maximum absolute atomic E-state index is 13.7. The summed E-state index contributed by atoms with van der Waals surface area (Å²) in [6.45, 7) is 1.15. The van der Waals surface area contributed by atoms with Gasteiger partial charge in [-0.3, -0.25) is 9.59 Å². The Bertz CT molecular complexity index is 1350. The van der Waals surface area contributed by atoms with Gasteiger partial charge in [-0.25, -0.2) is 0 Å². The Kier molecular flexibility index (Phi) is 6.27. The van der Waals surface area contributed by atoms with Gasteiger partial charge in [-0.2, -0.15) is 13.2 Å². The molecule has 0 aliphatic rings. The number of carbonyl (C=O) groups is 2. The third-order valence-corrected chi connectivity index (χ3v) is 4.92. The van der Waals surface area contributed by atoms with Gasteiger partial charge < -0.3 is 19.8 Å². The molecule has 174 valence electrons. The molecular formula is C25H19F3N2O4. The second kappa shape index (κ2) is 9.30. The first-order valence-electron chi connectivity index (χ1n) is 10.2. The van der Waals surface area contributed by atoms with Crippen molar-refractivity contribution in [1.29, 1.82) is 0 Å². The van der Waals surface area contributed by atoms with Crippen molar-refractivity contribution in [3.8, 4) is 5.75 Å². The summed E-state index contributed by atoms with van der Waals surface area (Å²) < 4.78 is 52.5. The topological polar surface area (TPSA) is 80.6 Å². The molecule has 0 fully saturated rings. The molecule has 2 amide bonds. The van der Waals surface area contributed by atoms with Crippen LogP contribution in [0.4, 0.5) is 24.5 Å². The molecule has 0 saturated carbocycles. The van der Waals surface area contributed by atoms with Crippen LogP contribution in [0.25, 0.3) is 11.0 Å². The van der Waals surface area contributed by atoms with Crippen LogP contribution in [0.2, 0.25) is 0 Å². The number of ether oxygens (including phenoxy) is 1. The SMILES string of the molecule is CC(=O)Nc1ccc(NC(=O)c2oc3ccccc3c2COc2ccccc2)c(C(F)(F)F)c1. The number of nitrogens with one attached hydrogen (secondary N) is 2. The van der Waals surface area contributed by atoms with Crippen molar-refractivity contribution in [1.82, 2.24) is 0 Å². The summed E-state index contributed by atoms with van der Waals surface area (Å²) in [5.74, 6) is -0.973. The fraction of sp³-hybridized carbons (Fsp3) is 0.120. The minimum atomic E-state index is -4.77. The van der Waals surface area contributed by atoms with Crippen molar-refractivity contribution < 1.29 is 31.9 Å². The quantitative estimate of drug-likeness (QED) is 0.351. The molecule has 1 aromatic heterocycles. The first kappa shape index (κ1) is 22.9. The number of hydrogen-bond donors (Lipinski definition) is 2. The molecule has 1 heterocycles. The smallest absolute Gasteiger partial charge is 0.418 e. The van der Waals surface area contributed by atoms with Gasteiger partial charge in [-0.05, 0) is 36.4 Å². The maximum atomic E-state index is 13.7. The highest BCUT2D eigenvalue weighted by atomic mass is 19.4. The van der Waals surface area contributed by atoms with Crippen LogP contribution in [0.5, 0.6) is 5.75 Å². The van der Waals surface area contributed by atoms with Crippen LogP contribution in [0.15, 0.2) is 77.2 Å². The number of fused-ring (bicyclic) bond motifs is 1. The number of anilines is 2. The first-order valence-corrected chi connectivity index (χ1v) is 10.2. The van der Waals surface area contributed by atoms with Crippen LogP contribution in [0, 0.1) is 0 Å². The number of amides is 2. The summed E-state index contributed by atoms with van der Waals surface area (Å²) >= 11 is 0. The van der Waals surface area contributed by atoms with Gasteiger partial charge in [0.1, 0.15) is 17.9 Å². The van der Waals surface area contributed by atoms with Crippen LogP contribution in [-0.4, -0.2) is 11.8 Å². The van der Waals surface area contributed by atoms with Crippen molar-refractivity contribution in [2.75, 3.05) is 10.6 Å². The molecule has 34 heavy (non-hydrogen) atoms. The van der Waals surface area contributed by atoms with Gasteiger partial charge in [0.25, 0.3) is 5.91 Å². The average molecular weight is 468 g/mol. The largest absolute Gasteiger partial charge is 0.489 e. The third kappa shape index (κ3) is 5.03. The van der Waals surface area contributed by atoms with Crippen LogP contribution in [0.1, 0.15) is 28.6 Å². The highest BCUT2D eigenvalue weighted by molar-refractivity contribution is 6.07. The molecule has 0 bridgehead atoms. The lowest BCUT2D eigenvalue weighted by Crippen LogP contribution is -2.18. The molecule has 0 aliphatic carbocycles. The van der Waals surface area contributed by atoms with Crippen LogP contribution < -0.4 is 15.4 Å². The normalized spacial score (nSPS) is 11.3. The minimum Gasteiger partial charge on any atom is -0.489 e. The predicted octanol–water partition coefficient (Wildman–Crippen LogP) is 6.24. The van der Waals surface area contributed by atoms with Crippen molar-refractivity contribution in [2.24, 2.45) is 0 Å². The van der Waals surface area contributed by atoms with E-state index < -0.39 is 29.2 Å². The average Bonchev–Trinajstić information content (AvgIpc) is 3.17. The lowest BCUT2D eigenvalue weighted by atomic mass is 10.1. The fourth-order valence-electron chi connectivity index (χ4n) is 3.45. The second-order valence-corrected chi connectivity index (χ2v) is 7.40. The van der Waals surface area contributed by atoms with Crippen molar-refractivity contribution >= 4 is 34.2 Å². The Hall–Kier alpha value is -4.27. The zero-order chi connectivity index (χ0) is 24.3. The number of rotatable bonds is 6. The van der Waals surface area contributed by atoms with E-state index in [0.717, 1.165) is 12.1 Å². The lowest BCUT2D eigenvalue weighted by molar-refractivity contribution is -0.137. The standard InChI is InChI=1S/C25H19F3N2O4/c1-15(31)29-16-11-12-21(20(13-16)25(26,27)28)30-24(32)23-19(14-33-17-7-3-2-4-8-17)18-9-5-6-10-22(18)34-23/h2-13H,14H2,1H3,(H,29,31)(H,30,32). The molecule has 0 aliphatic heterocycles. The number of hydrogen-bond acceptors (Lipinski definition) is 4. The highest BCUT2D eigenvalue weighted by Gasteiger charge is 2.35. The van der Waals surface area contributed by atoms with E-state index in [4.69, 9.17) is 9.15 Å². The number of carbonyl (C=O) groups excluding carboxylic acids is 2. The zero-order valence-corrected chi connectivity index (χ0v) is 17.9. The molecule has 0 radical (unpaired) electrons. The molecule has 6 nitrogen and oxygen atoms in total. The van der Waals surface area contributed by atoms with Crippen LogP contribution in [0.3, 0.4) is 0 Å². The summed E-state index contributed by atoms with van der Waals surface area (Å²) in [4.78, 5) is 24.3. The summed E-state index contributed by atoms with van der Waals surface area (Å²) in [6.07, 6.45) is -4.77. The molecule has 0 spiro atoms. The zero-order valence-electron chi connectivity index (χ0n) is 17.9. The third-order valence-electron chi connectivity index (χ3n) is 4.92. The van der Waals surface area contributed by atoms with E-state index in [2.05, 4.69) is 10.6 Å². The number of alkyl halides is 3. The van der Waals surface area contributed by atoms with Crippen molar-refractivity contribution in [3.05, 3.63) is 89.7 Å². The summed E-state index contributed by atoms with van der Waals surface area (Å²) in [5.41, 5.74) is -0.817. The molecule has 4 rings (SSSR count). The van der Waals surface area contributed by atoms with Gasteiger partial charge in [-0.15, -0.1) is 0 Å². The minimum absolute atomic E-state index is 0.0304. The van der Waals surface area contributed by atoms with Crippen LogP contribution >= 0.6 is 0 Å². The maximum Gasteiger partial charge on any atom is 0.418 e. The molecule has 0 unspecified atom stereocenters.